The summed E-state index contributed by atoms with van der Waals surface area (Å²) in [6.07, 6.45) is 0.514. The molecule has 0 aromatic heterocycles. The highest BCUT2D eigenvalue weighted by atomic mass is 16.6. The number of likely N-dealkylation sites (tertiary alicyclic amines) is 1. The molecular weight excluding hydrogens is 274 g/mol. The summed E-state index contributed by atoms with van der Waals surface area (Å²) in [6, 6.07) is -0.286. The van der Waals surface area contributed by atoms with E-state index in [1.165, 1.54) is 11.9 Å². The van der Waals surface area contributed by atoms with Crippen molar-refractivity contribution in [1.29, 1.82) is 0 Å². The van der Waals surface area contributed by atoms with Gasteiger partial charge in [-0.3, -0.25) is 9.69 Å². The highest BCUT2D eigenvalue weighted by Gasteiger charge is 2.55. The Morgan fingerprint density at radius 2 is 1.67 bits per heavy atom. The minimum absolute atomic E-state index is 0.182. The molecule has 1 spiro atoms. The van der Waals surface area contributed by atoms with Crippen molar-refractivity contribution in [2.75, 3.05) is 27.2 Å². The van der Waals surface area contributed by atoms with Crippen molar-refractivity contribution in [2.45, 2.75) is 44.8 Å². The Morgan fingerprint density at radius 3 is 2.05 bits per heavy atom. The molecule has 2 aliphatic rings. The van der Waals surface area contributed by atoms with Crippen molar-refractivity contribution >= 4 is 18.0 Å². The second-order valence-corrected chi connectivity index (χ2v) is 6.70. The zero-order valence-electron chi connectivity index (χ0n) is 13.3. The van der Waals surface area contributed by atoms with Gasteiger partial charge < -0.3 is 14.5 Å². The molecule has 0 aliphatic carbocycles. The van der Waals surface area contributed by atoms with Gasteiger partial charge in [0.25, 0.3) is 5.91 Å². The van der Waals surface area contributed by atoms with Crippen LogP contribution in [0.5, 0.6) is 0 Å². The molecule has 118 valence electrons. The van der Waals surface area contributed by atoms with Crippen LogP contribution in [0.15, 0.2) is 0 Å². The molecule has 7 nitrogen and oxygen atoms in total. The number of urea groups is 1. The van der Waals surface area contributed by atoms with E-state index in [1.807, 2.05) is 20.8 Å². The lowest BCUT2D eigenvalue weighted by Crippen LogP contribution is -2.56. The van der Waals surface area contributed by atoms with Gasteiger partial charge in [-0.25, -0.2) is 9.59 Å². The van der Waals surface area contributed by atoms with Gasteiger partial charge in [-0.2, -0.15) is 0 Å². The average Bonchev–Trinajstić information content (AvgIpc) is 2.54. The van der Waals surface area contributed by atoms with Crippen LogP contribution in [0.3, 0.4) is 0 Å². The Balaban J connectivity index is 2.05. The number of piperidine rings is 1. The van der Waals surface area contributed by atoms with Crippen molar-refractivity contribution in [3.05, 3.63) is 0 Å². The Hall–Kier alpha value is -1.79. The molecule has 0 bridgehead atoms. The highest BCUT2D eigenvalue weighted by Crippen LogP contribution is 2.35. The standard InChI is InChI=1S/C14H23N3O4/c1-13(2,3)21-12(20)17-8-6-14(7-9-17)10(18)15(4)11(19)16(14)5/h6-9H2,1-5H3. The van der Waals surface area contributed by atoms with Gasteiger partial charge in [-0.15, -0.1) is 0 Å². The van der Waals surface area contributed by atoms with Crippen LogP contribution >= 0.6 is 0 Å². The maximum atomic E-state index is 12.3. The minimum Gasteiger partial charge on any atom is -0.444 e. The Morgan fingerprint density at radius 1 is 1.14 bits per heavy atom. The summed E-state index contributed by atoms with van der Waals surface area (Å²) in [7, 11) is 3.14. The Kier molecular flexibility index (Phi) is 3.63. The first kappa shape index (κ1) is 15.6. The summed E-state index contributed by atoms with van der Waals surface area (Å²) in [6.45, 7) is 6.27. The van der Waals surface area contributed by atoms with E-state index >= 15 is 0 Å². The number of nitrogens with zero attached hydrogens (tertiary/aromatic N) is 3. The van der Waals surface area contributed by atoms with E-state index in [1.54, 1.807) is 11.9 Å². The number of imide groups is 1. The van der Waals surface area contributed by atoms with Crippen molar-refractivity contribution < 1.29 is 19.1 Å². The third-order valence-corrected chi connectivity index (χ3v) is 4.16. The van der Waals surface area contributed by atoms with E-state index in [0.29, 0.717) is 25.9 Å². The number of hydrogen-bond acceptors (Lipinski definition) is 4. The Bertz CT molecular complexity index is 475. The molecule has 4 amide bonds. The average molecular weight is 297 g/mol. The van der Waals surface area contributed by atoms with E-state index in [2.05, 4.69) is 0 Å². The SMILES string of the molecule is CN1C(=O)N(C)C2(CCN(C(=O)OC(C)(C)C)CC2)C1=O. The van der Waals surface area contributed by atoms with Crippen molar-refractivity contribution in [3.63, 3.8) is 0 Å². The van der Waals surface area contributed by atoms with Gasteiger partial charge in [-0.1, -0.05) is 0 Å². The zero-order valence-corrected chi connectivity index (χ0v) is 13.3. The number of carbonyl (C=O) groups excluding carboxylic acids is 3. The number of rotatable bonds is 0. The normalized spacial score (nSPS) is 22.2. The predicted octanol–water partition coefficient (Wildman–Crippen LogP) is 1.28. The van der Waals surface area contributed by atoms with Gasteiger partial charge in [-0.05, 0) is 33.6 Å². The molecule has 2 heterocycles. The number of ether oxygens (including phenoxy) is 1. The largest absolute Gasteiger partial charge is 0.444 e. The summed E-state index contributed by atoms with van der Waals surface area (Å²) in [5.41, 5.74) is -1.34. The third-order valence-electron chi connectivity index (χ3n) is 4.16. The lowest BCUT2D eigenvalue weighted by Gasteiger charge is -2.40. The van der Waals surface area contributed by atoms with Gasteiger partial charge in [0.05, 0.1) is 0 Å². The van der Waals surface area contributed by atoms with E-state index in [4.69, 9.17) is 4.74 Å². The monoisotopic (exact) mass is 297 g/mol. The molecule has 0 N–H and O–H groups in total. The van der Waals surface area contributed by atoms with Gasteiger partial charge in [0.2, 0.25) is 0 Å². The first-order chi connectivity index (χ1) is 9.58. The molecule has 21 heavy (non-hydrogen) atoms. The van der Waals surface area contributed by atoms with E-state index in [9.17, 15) is 14.4 Å². The van der Waals surface area contributed by atoms with Crippen LogP contribution in [0.1, 0.15) is 33.6 Å². The summed E-state index contributed by atoms with van der Waals surface area (Å²) >= 11 is 0. The quantitative estimate of drug-likeness (QED) is 0.632. The predicted molar refractivity (Wildman–Crippen MR) is 75.7 cm³/mol. The molecule has 7 heteroatoms. The summed E-state index contributed by atoms with van der Waals surface area (Å²) < 4.78 is 5.34. The van der Waals surface area contributed by atoms with Gasteiger partial charge in [0.1, 0.15) is 11.1 Å². The molecule has 2 rings (SSSR count). The van der Waals surface area contributed by atoms with Gasteiger partial charge in [0.15, 0.2) is 0 Å². The fourth-order valence-electron chi connectivity index (χ4n) is 2.89. The first-order valence-electron chi connectivity index (χ1n) is 7.12. The van der Waals surface area contributed by atoms with Gasteiger partial charge in [0, 0.05) is 27.2 Å². The van der Waals surface area contributed by atoms with Crippen LogP contribution in [-0.2, 0) is 9.53 Å². The van der Waals surface area contributed by atoms with E-state index in [-0.39, 0.29) is 18.0 Å². The van der Waals surface area contributed by atoms with Crippen LogP contribution in [0.2, 0.25) is 0 Å². The van der Waals surface area contributed by atoms with Crippen molar-refractivity contribution in [1.82, 2.24) is 14.7 Å². The topological polar surface area (TPSA) is 70.2 Å². The molecule has 0 saturated carbocycles. The molecule has 0 radical (unpaired) electrons. The molecular formula is C14H23N3O4. The second kappa shape index (κ2) is 4.89. The lowest BCUT2D eigenvalue weighted by atomic mass is 9.86. The molecule has 0 aromatic carbocycles. The Labute approximate surface area is 124 Å². The van der Waals surface area contributed by atoms with Crippen LogP contribution in [0, 0.1) is 0 Å². The van der Waals surface area contributed by atoms with E-state index in [0.717, 1.165) is 4.90 Å². The second-order valence-electron chi connectivity index (χ2n) is 6.70. The van der Waals surface area contributed by atoms with Crippen molar-refractivity contribution in [2.24, 2.45) is 0 Å². The first-order valence-corrected chi connectivity index (χ1v) is 7.12. The smallest absolute Gasteiger partial charge is 0.410 e. The molecule has 2 aliphatic heterocycles. The summed E-state index contributed by atoms with van der Waals surface area (Å²) in [5, 5.41) is 0. The molecule has 2 fully saturated rings. The summed E-state index contributed by atoms with van der Waals surface area (Å²) in [4.78, 5) is 40.5. The van der Waals surface area contributed by atoms with Crippen LogP contribution in [0.25, 0.3) is 0 Å². The molecule has 0 unspecified atom stereocenters. The summed E-state index contributed by atoms with van der Waals surface area (Å²) in [5.74, 6) is -0.182. The number of carbonyl (C=O) groups is 3. The molecule has 2 saturated heterocycles. The zero-order chi connectivity index (χ0) is 16.0. The molecule has 0 atom stereocenters. The van der Waals surface area contributed by atoms with Crippen LogP contribution in [0.4, 0.5) is 9.59 Å². The lowest BCUT2D eigenvalue weighted by molar-refractivity contribution is -0.134. The maximum Gasteiger partial charge on any atom is 0.410 e. The fraction of sp³-hybridized carbons (Fsp3) is 0.786. The number of amides is 4. The third kappa shape index (κ3) is 2.56. The van der Waals surface area contributed by atoms with Gasteiger partial charge >= 0.3 is 12.1 Å². The molecule has 0 aromatic rings. The van der Waals surface area contributed by atoms with E-state index < -0.39 is 11.1 Å². The van der Waals surface area contributed by atoms with Crippen LogP contribution < -0.4 is 0 Å². The maximum absolute atomic E-state index is 12.3. The highest BCUT2D eigenvalue weighted by molar-refractivity contribution is 6.06. The minimum atomic E-state index is -0.801. The number of hydrogen-bond donors (Lipinski definition) is 0. The fourth-order valence-corrected chi connectivity index (χ4v) is 2.89. The van der Waals surface area contributed by atoms with Crippen molar-refractivity contribution in [3.8, 4) is 0 Å². The number of likely N-dealkylation sites (N-methyl/N-ethyl adjacent to an activating group) is 2. The van der Waals surface area contributed by atoms with Crippen LogP contribution in [-0.4, -0.2) is 71.1 Å².